The van der Waals surface area contributed by atoms with Crippen LogP contribution in [0.3, 0.4) is 0 Å². The average Bonchev–Trinajstić information content (AvgIpc) is 2.16. The Morgan fingerprint density at radius 3 is 2.93 bits per heavy atom. The number of carbonyl (C=O) groups excluding carboxylic acids is 2. The van der Waals surface area contributed by atoms with Crippen molar-refractivity contribution in [2.45, 2.75) is 6.42 Å². The zero-order chi connectivity index (χ0) is 10.4. The number of hydrogen-bond donors (Lipinski definition) is 1. The quantitative estimate of drug-likeness (QED) is 0.683. The van der Waals surface area contributed by atoms with Gasteiger partial charge in [-0.3, -0.25) is 4.79 Å². The first-order chi connectivity index (χ1) is 6.72. The second-order valence-corrected chi connectivity index (χ2v) is 2.77. The predicted molar refractivity (Wildman–Crippen MR) is 50.9 cm³/mol. The third-order valence-electron chi connectivity index (χ3n) is 1.60. The molecule has 0 unspecified atom stereocenters. The molecule has 2 N–H and O–H groups in total. The molecule has 74 valence electrons. The number of aldehydes is 1. The van der Waals surface area contributed by atoms with Crippen LogP contribution in [0.5, 0.6) is 5.75 Å². The highest BCUT2D eigenvalue weighted by Gasteiger charge is 1.98. The van der Waals surface area contributed by atoms with E-state index < -0.39 is 5.91 Å². The molecule has 0 bridgehead atoms. The van der Waals surface area contributed by atoms with Crippen LogP contribution in [-0.2, 0) is 16.0 Å². The SMILES string of the molecule is NC(=O)COc1cccc(CC=O)c1. The highest BCUT2D eigenvalue weighted by molar-refractivity contribution is 5.75. The minimum absolute atomic E-state index is 0.148. The van der Waals surface area contributed by atoms with Crippen LogP contribution in [0.15, 0.2) is 24.3 Å². The summed E-state index contributed by atoms with van der Waals surface area (Å²) in [5, 5.41) is 0. The molecule has 0 atom stereocenters. The van der Waals surface area contributed by atoms with Gasteiger partial charge in [-0.05, 0) is 17.7 Å². The lowest BCUT2D eigenvalue weighted by atomic mass is 10.2. The summed E-state index contributed by atoms with van der Waals surface area (Å²) in [5.41, 5.74) is 5.77. The normalized spacial score (nSPS) is 9.43. The van der Waals surface area contributed by atoms with E-state index in [9.17, 15) is 9.59 Å². The molecule has 0 aliphatic heterocycles. The van der Waals surface area contributed by atoms with Crippen LogP contribution >= 0.6 is 0 Å². The van der Waals surface area contributed by atoms with Gasteiger partial charge in [0, 0.05) is 6.42 Å². The Bertz CT molecular complexity index is 336. The van der Waals surface area contributed by atoms with Gasteiger partial charge >= 0.3 is 0 Å². The number of carbonyl (C=O) groups is 2. The van der Waals surface area contributed by atoms with Crippen molar-refractivity contribution in [3.8, 4) is 5.75 Å². The van der Waals surface area contributed by atoms with Crippen molar-refractivity contribution >= 4 is 12.2 Å². The fourth-order valence-electron chi connectivity index (χ4n) is 1.01. The van der Waals surface area contributed by atoms with Crippen LogP contribution < -0.4 is 10.5 Å². The van der Waals surface area contributed by atoms with Gasteiger partial charge in [-0.1, -0.05) is 12.1 Å². The minimum Gasteiger partial charge on any atom is -0.484 e. The molecule has 1 rings (SSSR count). The largest absolute Gasteiger partial charge is 0.484 e. The first kappa shape index (κ1) is 10.2. The van der Waals surface area contributed by atoms with Gasteiger partial charge in [-0.2, -0.15) is 0 Å². The van der Waals surface area contributed by atoms with E-state index in [0.717, 1.165) is 11.8 Å². The molecule has 1 amide bonds. The van der Waals surface area contributed by atoms with Gasteiger partial charge in [0.1, 0.15) is 12.0 Å². The second-order valence-electron chi connectivity index (χ2n) is 2.77. The number of ether oxygens (including phenoxy) is 1. The van der Waals surface area contributed by atoms with Crippen LogP contribution in [0.25, 0.3) is 0 Å². The summed E-state index contributed by atoms with van der Waals surface area (Å²) in [5.74, 6) is 0.0222. The molecule has 14 heavy (non-hydrogen) atoms. The van der Waals surface area contributed by atoms with E-state index in [2.05, 4.69) is 0 Å². The Labute approximate surface area is 81.7 Å². The second kappa shape index (κ2) is 5.01. The number of nitrogens with two attached hydrogens (primary N) is 1. The maximum Gasteiger partial charge on any atom is 0.255 e. The molecule has 4 nitrogen and oxygen atoms in total. The smallest absolute Gasteiger partial charge is 0.255 e. The van der Waals surface area contributed by atoms with Gasteiger partial charge in [-0.25, -0.2) is 0 Å². The summed E-state index contributed by atoms with van der Waals surface area (Å²) in [6.45, 7) is -0.148. The molecule has 0 aromatic heterocycles. The molecule has 1 aromatic rings. The Balaban J connectivity index is 2.63. The molecule has 1 aromatic carbocycles. The van der Waals surface area contributed by atoms with Gasteiger partial charge in [0.25, 0.3) is 5.91 Å². The van der Waals surface area contributed by atoms with E-state index in [1.807, 2.05) is 6.07 Å². The summed E-state index contributed by atoms with van der Waals surface area (Å²) in [6.07, 6.45) is 1.15. The van der Waals surface area contributed by atoms with Gasteiger partial charge in [0.15, 0.2) is 6.61 Å². The Morgan fingerprint density at radius 2 is 2.29 bits per heavy atom. The Hall–Kier alpha value is -1.84. The molecule has 0 aliphatic rings. The summed E-state index contributed by atoms with van der Waals surface area (Å²) in [4.78, 5) is 20.7. The predicted octanol–water partition coefficient (Wildman–Crippen LogP) is 0.292. The zero-order valence-electron chi connectivity index (χ0n) is 7.60. The summed E-state index contributed by atoms with van der Waals surface area (Å²) >= 11 is 0. The first-order valence-electron chi connectivity index (χ1n) is 4.16. The number of primary amides is 1. The highest BCUT2D eigenvalue weighted by atomic mass is 16.5. The molecule has 0 aliphatic carbocycles. The van der Waals surface area contributed by atoms with E-state index in [0.29, 0.717) is 12.2 Å². The van der Waals surface area contributed by atoms with Crippen molar-refractivity contribution in [3.05, 3.63) is 29.8 Å². The van der Waals surface area contributed by atoms with Crippen LogP contribution in [-0.4, -0.2) is 18.8 Å². The molecule has 0 spiro atoms. The van der Waals surface area contributed by atoms with Crippen LogP contribution in [0.2, 0.25) is 0 Å². The summed E-state index contributed by atoms with van der Waals surface area (Å²) in [6, 6.07) is 6.98. The zero-order valence-corrected chi connectivity index (χ0v) is 7.60. The van der Waals surface area contributed by atoms with Crippen LogP contribution in [0.1, 0.15) is 5.56 Å². The van der Waals surface area contributed by atoms with Gasteiger partial charge in [-0.15, -0.1) is 0 Å². The first-order valence-corrected chi connectivity index (χ1v) is 4.16. The lowest BCUT2D eigenvalue weighted by Crippen LogP contribution is -2.20. The summed E-state index contributed by atoms with van der Waals surface area (Å²) < 4.78 is 5.06. The van der Waals surface area contributed by atoms with E-state index in [4.69, 9.17) is 10.5 Å². The number of amides is 1. The van der Waals surface area contributed by atoms with Crippen molar-refractivity contribution < 1.29 is 14.3 Å². The lowest BCUT2D eigenvalue weighted by molar-refractivity contribution is -0.120. The third-order valence-corrected chi connectivity index (χ3v) is 1.60. The number of rotatable bonds is 5. The lowest BCUT2D eigenvalue weighted by Gasteiger charge is -2.04. The van der Waals surface area contributed by atoms with E-state index in [-0.39, 0.29) is 6.61 Å². The number of benzene rings is 1. The molecular weight excluding hydrogens is 182 g/mol. The molecule has 0 saturated heterocycles. The Kier molecular flexibility index (Phi) is 3.67. The van der Waals surface area contributed by atoms with Crippen molar-refractivity contribution in [2.75, 3.05) is 6.61 Å². The molecule has 0 fully saturated rings. The maximum absolute atomic E-state index is 10.4. The third kappa shape index (κ3) is 3.26. The monoisotopic (exact) mass is 193 g/mol. The summed E-state index contributed by atoms with van der Waals surface area (Å²) in [7, 11) is 0. The van der Waals surface area contributed by atoms with Crippen molar-refractivity contribution in [3.63, 3.8) is 0 Å². The van der Waals surface area contributed by atoms with Crippen molar-refractivity contribution in [1.82, 2.24) is 0 Å². The fourth-order valence-corrected chi connectivity index (χ4v) is 1.01. The van der Waals surface area contributed by atoms with E-state index in [1.165, 1.54) is 0 Å². The average molecular weight is 193 g/mol. The number of hydrogen-bond acceptors (Lipinski definition) is 3. The van der Waals surface area contributed by atoms with Gasteiger partial charge in [0.05, 0.1) is 0 Å². The fraction of sp³-hybridized carbons (Fsp3) is 0.200. The molecule has 0 heterocycles. The van der Waals surface area contributed by atoms with Crippen LogP contribution in [0.4, 0.5) is 0 Å². The van der Waals surface area contributed by atoms with Crippen LogP contribution in [0, 0.1) is 0 Å². The molecular formula is C10H11NO3. The molecule has 0 saturated carbocycles. The Morgan fingerprint density at radius 1 is 1.50 bits per heavy atom. The topological polar surface area (TPSA) is 69.4 Å². The molecule has 4 heteroatoms. The van der Waals surface area contributed by atoms with E-state index in [1.54, 1.807) is 18.2 Å². The maximum atomic E-state index is 10.4. The highest BCUT2D eigenvalue weighted by Crippen LogP contribution is 2.12. The van der Waals surface area contributed by atoms with Crippen molar-refractivity contribution in [1.29, 1.82) is 0 Å². The van der Waals surface area contributed by atoms with Gasteiger partial charge < -0.3 is 15.3 Å². The van der Waals surface area contributed by atoms with Gasteiger partial charge in [0.2, 0.25) is 0 Å². The molecule has 0 radical (unpaired) electrons. The van der Waals surface area contributed by atoms with Crippen molar-refractivity contribution in [2.24, 2.45) is 5.73 Å². The van der Waals surface area contributed by atoms with E-state index >= 15 is 0 Å². The minimum atomic E-state index is -0.522. The standard InChI is InChI=1S/C10H11NO3/c11-10(13)7-14-9-3-1-2-8(6-9)4-5-12/h1-3,5-6H,4,7H2,(H2,11,13).